The van der Waals surface area contributed by atoms with Gasteiger partial charge in [-0.25, -0.2) is 9.55 Å². The summed E-state index contributed by atoms with van der Waals surface area (Å²) in [6, 6.07) is 2.59. The highest BCUT2D eigenvalue weighted by Crippen LogP contribution is 2.45. The molecular formula is C33H49N8O10P. The van der Waals surface area contributed by atoms with E-state index in [1.54, 1.807) is 30.3 Å². The molecule has 52 heavy (non-hydrogen) atoms. The van der Waals surface area contributed by atoms with Crippen molar-refractivity contribution in [2.24, 2.45) is 11.7 Å². The Hall–Kier alpha value is -4.64. The molecule has 7 atom stereocenters. The van der Waals surface area contributed by atoms with Gasteiger partial charge in [0.2, 0.25) is 35.4 Å². The summed E-state index contributed by atoms with van der Waals surface area (Å²) in [7, 11) is -4.71. The number of carbonyl (C=O) groups excluding carboxylic acids is 6. The van der Waals surface area contributed by atoms with Gasteiger partial charge >= 0.3 is 7.82 Å². The van der Waals surface area contributed by atoms with Crippen LogP contribution in [0.4, 0.5) is 0 Å². The quantitative estimate of drug-likeness (QED) is 0.0953. The van der Waals surface area contributed by atoms with Crippen molar-refractivity contribution < 1.29 is 47.3 Å². The zero-order chi connectivity index (χ0) is 38.6. The number of amides is 6. The lowest BCUT2D eigenvalue weighted by Gasteiger charge is -2.28. The van der Waals surface area contributed by atoms with Crippen LogP contribution >= 0.6 is 7.82 Å². The fraction of sp³-hybridized carbons (Fsp3) is 0.545. The van der Waals surface area contributed by atoms with Crippen molar-refractivity contribution in [1.29, 1.82) is 0 Å². The fourth-order valence-corrected chi connectivity index (χ4v) is 6.51. The lowest BCUT2D eigenvalue weighted by atomic mass is 10.0. The Morgan fingerprint density at radius 3 is 2.27 bits per heavy atom. The maximum Gasteiger partial charge on any atom is 0.472 e. The summed E-state index contributed by atoms with van der Waals surface area (Å²) < 4.78 is 22.7. The summed E-state index contributed by atoms with van der Waals surface area (Å²) in [4.78, 5) is 96.3. The Bertz CT molecular complexity index is 1590. The largest absolute Gasteiger partial charge is 0.472 e. The minimum absolute atomic E-state index is 0.0353. The first-order valence-corrected chi connectivity index (χ1v) is 18.4. The van der Waals surface area contributed by atoms with E-state index in [0.29, 0.717) is 30.6 Å². The number of aromatic amines is 1. The van der Waals surface area contributed by atoms with Crippen LogP contribution in [0.2, 0.25) is 0 Å². The van der Waals surface area contributed by atoms with Gasteiger partial charge in [0.15, 0.2) is 0 Å². The van der Waals surface area contributed by atoms with Gasteiger partial charge in [-0.3, -0.25) is 37.8 Å². The summed E-state index contributed by atoms with van der Waals surface area (Å²) in [5, 5.41) is 10.2. The van der Waals surface area contributed by atoms with Gasteiger partial charge in [0, 0.05) is 31.8 Å². The third-order valence-electron chi connectivity index (χ3n) is 8.27. The number of hydrogen-bond donors (Lipinski definition) is 7. The number of imidazole rings is 1. The van der Waals surface area contributed by atoms with Crippen molar-refractivity contribution in [2.45, 2.75) is 103 Å². The Balaban J connectivity index is 1.68. The summed E-state index contributed by atoms with van der Waals surface area (Å²) in [5.74, 6) is -4.19. The molecule has 286 valence electrons. The number of benzene rings is 1. The van der Waals surface area contributed by atoms with Crippen LogP contribution in [0.25, 0.3) is 0 Å². The second-order valence-corrected chi connectivity index (χ2v) is 14.5. The molecule has 18 nitrogen and oxygen atoms in total. The number of nitrogens with two attached hydrogens (primary N) is 1. The molecule has 0 radical (unpaired) electrons. The second-order valence-electron chi connectivity index (χ2n) is 13.1. The minimum atomic E-state index is -4.71. The predicted molar refractivity (Wildman–Crippen MR) is 186 cm³/mol. The fourth-order valence-electron chi connectivity index (χ4n) is 5.59. The number of rotatable bonds is 19. The molecule has 2 aromatic rings. The van der Waals surface area contributed by atoms with E-state index >= 15 is 0 Å². The first kappa shape index (κ1) is 41.8. The average molecular weight is 749 g/mol. The van der Waals surface area contributed by atoms with Crippen molar-refractivity contribution >= 4 is 43.3 Å². The van der Waals surface area contributed by atoms with Crippen LogP contribution in [0.5, 0.6) is 0 Å². The van der Waals surface area contributed by atoms with E-state index in [4.69, 9.17) is 14.8 Å². The number of likely N-dealkylation sites (tertiary alicyclic amines) is 1. The number of hydrogen-bond acceptors (Lipinski definition) is 10. The molecular weight excluding hydrogens is 699 g/mol. The smallest absolute Gasteiger partial charge is 0.368 e. The molecule has 1 aliphatic heterocycles. The van der Waals surface area contributed by atoms with E-state index < -0.39 is 73.7 Å². The first-order valence-electron chi connectivity index (χ1n) is 16.9. The monoisotopic (exact) mass is 748 g/mol. The molecule has 1 saturated heterocycles. The summed E-state index contributed by atoms with van der Waals surface area (Å²) in [6.07, 6.45) is 2.67. The van der Waals surface area contributed by atoms with Gasteiger partial charge in [0.1, 0.15) is 30.2 Å². The third kappa shape index (κ3) is 12.8. The molecule has 8 N–H and O–H groups in total. The van der Waals surface area contributed by atoms with E-state index in [9.17, 15) is 38.2 Å². The number of aromatic nitrogens is 2. The number of primary amides is 1. The SMILES string of the molecule is CC(=O)N1CCCC1C(=O)N[C@@H](CC(C)C)C(=O)N[C@@H](Cc1cnc[nH]1)C(=O)N[C@@H](C)C(=O)N[C@H](C(N)=O)[C@@H](C)OP(=O)(O)OCc1ccccc1. The van der Waals surface area contributed by atoms with Crippen LogP contribution in [-0.2, 0) is 55.4 Å². The molecule has 3 rings (SSSR count). The van der Waals surface area contributed by atoms with Gasteiger partial charge in [-0.2, -0.15) is 0 Å². The van der Waals surface area contributed by atoms with Gasteiger partial charge in [-0.15, -0.1) is 0 Å². The van der Waals surface area contributed by atoms with Gasteiger partial charge in [-0.1, -0.05) is 44.2 Å². The first-order chi connectivity index (χ1) is 24.5. The number of nitrogens with zero attached hydrogens (tertiary/aromatic N) is 2. The molecule has 6 amide bonds. The topological polar surface area (TPSA) is 264 Å². The number of nitrogens with one attached hydrogen (secondary N) is 5. The Morgan fingerprint density at radius 1 is 1.00 bits per heavy atom. The molecule has 0 bridgehead atoms. The standard InChI is InChI=1S/C33H49N8O10P/c1-19(2)14-25(39-33(47)27-12-9-13-41(27)22(5)42)32(46)38-26(15-24-16-35-18-36-24)31(45)37-20(3)30(44)40-28(29(34)43)21(4)51-52(48,49)50-17-23-10-7-6-8-11-23/h6-8,10-11,16,18-21,25-28H,9,12-15,17H2,1-5H3,(H2,34,43)(H,35,36)(H,37,45)(H,38,46)(H,39,47)(H,40,44)(H,48,49)/t20-,21+,25-,26-,27?,28-/m0/s1. The molecule has 2 heterocycles. The molecule has 19 heteroatoms. The molecule has 0 saturated carbocycles. The highest BCUT2D eigenvalue weighted by atomic mass is 31.2. The van der Waals surface area contributed by atoms with Gasteiger partial charge < -0.3 is 41.8 Å². The minimum Gasteiger partial charge on any atom is -0.368 e. The Labute approximate surface area is 302 Å². The van der Waals surface area contributed by atoms with E-state index in [0.717, 1.165) is 0 Å². The van der Waals surface area contributed by atoms with Crippen molar-refractivity contribution in [1.82, 2.24) is 36.1 Å². The maximum absolute atomic E-state index is 13.6. The molecule has 0 spiro atoms. The zero-order valence-electron chi connectivity index (χ0n) is 29.9. The Morgan fingerprint density at radius 2 is 1.67 bits per heavy atom. The van der Waals surface area contributed by atoms with Crippen LogP contribution in [0.3, 0.4) is 0 Å². The Kier molecular flexibility index (Phi) is 15.5. The maximum atomic E-state index is 13.6. The van der Waals surface area contributed by atoms with Crippen molar-refractivity contribution in [3.63, 3.8) is 0 Å². The molecule has 2 unspecified atom stereocenters. The van der Waals surface area contributed by atoms with Crippen molar-refractivity contribution in [3.8, 4) is 0 Å². The highest BCUT2D eigenvalue weighted by Gasteiger charge is 2.37. The van der Waals surface area contributed by atoms with E-state index in [-0.39, 0.29) is 31.3 Å². The lowest BCUT2D eigenvalue weighted by Crippen LogP contribution is -2.59. The third-order valence-corrected chi connectivity index (χ3v) is 9.33. The van der Waals surface area contributed by atoms with E-state index in [1.165, 1.54) is 38.2 Å². The van der Waals surface area contributed by atoms with Gasteiger partial charge in [0.05, 0.1) is 19.0 Å². The lowest BCUT2D eigenvalue weighted by molar-refractivity contribution is -0.138. The van der Waals surface area contributed by atoms with Gasteiger partial charge in [-0.05, 0) is 44.6 Å². The number of phosphoric ester groups is 1. The summed E-state index contributed by atoms with van der Waals surface area (Å²) in [6.45, 7) is 7.82. The van der Waals surface area contributed by atoms with Crippen LogP contribution < -0.4 is 27.0 Å². The highest BCUT2D eigenvalue weighted by molar-refractivity contribution is 7.47. The van der Waals surface area contributed by atoms with E-state index in [2.05, 4.69) is 31.2 Å². The van der Waals surface area contributed by atoms with Crippen LogP contribution in [0, 0.1) is 5.92 Å². The molecule has 1 aromatic carbocycles. The van der Waals surface area contributed by atoms with E-state index in [1.807, 2.05) is 13.8 Å². The van der Waals surface area contributed by atoms with Crippen LogP contribution in [0.15, 0.2) is 42.9 Å². The van der Waals surface area contributed by atoms with Gasteiger partial charge in [0.25, 0.3) is 0 Å². The van der Waals surface area contributed by atoms with Crippen LogP contribution in [0.1, 0.15) is 65.1 Å². The second kappa shape index (κ2) is 19.3. The molecule has 1 aliphatic rings. The normalized spacial score (nSPS) is 18.3. The number of carbonyl (C=O) groups is 6. The van der Waals surface area contributed by atoms with Crippen molar-refractivity contribution in [3.05, 3.63) is 54.1 Å². The molecule has 1 fully saturated rings. The average Bonchev–Trinajstić information content (AvgIpc) is 3.78. The zero-order valence-corrected chi connectivity index (χ0v) is 30.8. The van der Waals surface area contributed by atoms with Crippen LogP contribution in [-0.4, -0.2) is 98.1 Å². The number of phosphoric acid groups is 1. The van der Waals surface area contributed by atoms with Crippen molar-refractivity contribution in [2.75, 3.05) is 6.54 Å². The molecule has 0 aliphatic carbocycles. The number of H-pyrrole nitrogens is 1. The summed E-state index contributed by atoms with van der Waals surface area (Å²) in [5.41, 5.74) is 6.54. The summed E-state index contributed by atoms with van der Waals surface area (Å²) >= 11 is 0. The predicted octanol–water partition coefficient (Wildman–Crippen LogP) is 0.176. The molecule has 1 aromatic heterocycles.